The van der Waals surface area contributed by atoms with Crippen LogP contribution in [0.15, 0.2) is 24.3 Å². The van der Waals surface area contributed by atoms with Crippen molar-refractivity contribution in [2.24, 2.45) is 0 Å². The number of carbonyl (C=O) groups is 1. The van der Waals surface area contributed by atoms with Crippen LogP contribution in [0.3, 0.4) is 0 Å². The monoisotopic (exact) mass is 273 g/mol. The van der Waals surface area contributed by atoms with Gasteiger partial charge in [-0.05, 0) is 24.6 Å². The van der Waals surface area contributed by atoms with E-state index in [1.54, 1.807) is 19.2 Å². The normalized spacial score (nSPS) is 12.3. The van der Waals surface area contributed by atoms with Gasteiger partial charge in [-0.25, -0.2) is 4.39 Å². The number of carbonyl (C=O) groups excluding carboxylic acids is 1. The minimum Gasteiger partial charge on any atom is -0.314 e. The molecule has 1 rings (SSSR count). The van der Waals surface area contributed by atoms with Crippen molar-refractivity contribution < 1.29 is 9.18 Å². The maximum Gasteiger partial charge on any atom is 0.240 e. The van der Waals surface area contributed by atoms with E-state index in [2.05, 4.69) is 15.9 Å². The van der Waals surface area contributed by atoms with Crippen molar-refractivity contribution in [3.05, 3.63) is 30.1 Å². The first-order valence-electron chi connectivity index (χ1n) is 4.73. The Hall–Kier alpha value is -0.900. The third kappa shape index (κ3) is 3.02. The molecular formula is C11H13BrFNO. The highest BCUT2D eigenvalue weighted by molar-refractivity contribution is 9.10. The summed E-state index contributed by atoms with van der Waals surface area (Å²) < 4.78 is 12.9. The van der Waals surface area contributed by atoms with Crippen LogP contribution < -0.4 is 4.90 Å². The molecule has 0 fully saturated rings. The maximum atomic E-state index is 12.9. The van der Waals surface area contributed by atoms with E-state index in [0.29, 0.717) is 12.1 Å². The van der Waals surface area contributed by atoms with Crippen LogP contribution in [-0.2, 0) is 4.79 Å². The molecule has 1 atom stereocenters. The molecule has 0 aliphatic heterocycles. The van der Waals surface area contributed by atoms with Crippen LogP contribution >= 0.6 is 15.9 Å². The van der Waals surface area contributed by atoms with E-state index in [4.69, 9.17) is 0 Å². The van der Waals surface area contributed by atoms with E-state index in [9.17, 15) is 9.18 Å². The first-order valence-corrected chi connectivity index (χ1v) is 5.65. The molecule has 0 aliphatic rings. The average molecular weight is 274 g/mol. The molecule has 82 valence electrons. The number of alkyl halides is 1. The molecule has 2 nitrogen and oxygen atoms in total. The van der Waals surface area contributed by atoms with Crippen LogP contribution in [0.25, 0.3) is 0 Å². The van der Waals surface area contributed by atoms with Crippen LogP contribution in [0.5, 0.6) is 0 Å². The van der Waals surface area contributed by atoms with Gasteiger partial charge in [0.05, 0.1) is 4.83 Å². The van der Waals surface area contributed by atoms with Crippen molar-refractivity contribution in [1.29, 1.82) is 0 Å². The second-order valence-corrected chi connectivity index (χ2v) is 4.36. The Balaban J connectivity index is 2.85. The van der Waals surface area contributed by atoms with Gasteiger partial charge in [0.1, 0.15) is 5.82 Å². The highest BCUT2D eigenvalue weighted by Crippen LogP contribution is 2.17. The van der Waals surface area contributed by atoms with Gasteiger partial charge in [0.25, 0.3) is 0 Å². The molecule has 0 bridgehead atoms. The molecule has 0 saturated heterocycles. The summed E-state index contributed by atoms with van der Waals surface area (Å²) in [6.45, 7) is 1.91. The fourth-order valence-corrected chi connectivity index (χ4v) is 1.50. The Labute approximate surface area is 97.2 Å². The first-order chi connectivity index (χ1) is 7.06. The lowest BCUT2D eigenvalue weighted by Gasteiger charge is -2.19. The summed E-state index contributed by atoms with van der Waals surface area (Å²) in [6, 6.07) is 5.99. The number of amides is 1. The Morgan fingerprint density at radius 2 is 2.27 bits per heavy atom. The number of halogens is 2. The highest BCUT2D eigenvalue weighted by Gasteiger charge is 2.18. The van der Waals surface area contributed by atoms with Gasteiger partial charge in [0.2, 0.25) is 5.91 Å². The van der Waals surface area contributed by atoms with Gasteiger partial charge in [-0.15, -0.1) is 0 Å². The molecular weight excluding hydrogens is 261 g/mol. The fraction of sp³-hybridized carbons (Fsp3) is 0.364. The number of rotatable bonds is 3. The van der Waals surface area contributed by atoms with Gasteiger partial charge < -0.3 is 4.90 Å². The zero-order valence-corrected chi connectivity index (χ0v) is 10.3. The van der Waals surface area contributed by atoms with Crippen molar-refractivity contribution in [2.75, 3.05) is 11.9 Å². The molecule has 4 heteroatoms. The van der Waals surface area contributed by atoms with Crippen molar-refractivity contribution in [1.82, 2.24) is 0 Å². The summed E-state index contributed by atoms with van der Waals surface area (Å²) in [5.41, 5.74) is 0.568. The quantitative estimate of drug-likeness (QED) is 0.776. The van der Waals surface area contributed by atoms with Crippen LogP contribution in [0.4, 0.5) is 10.1 Å². The number of nitrogens with zero attached hydrogens (tertiary/aromatic N) is 1. The van der Waals surface area contributed by atoms with Crippen LogP contribution in [-0.4, -0.2) is 17.8 Å². The molecule has 0 aliphatic carbocycles. The Bertz CT molecular complexity index is 356. The summed E-state index contributed by atoms with van der Waals surface area (Å²) in [6.07, 6.45) is 0.707. The Morgan fingerprint density at radius 1 is 1.60 bits per heavy atom. The van der Waals surface area contributed by atoms with Crippen molar-refractivity contribution in [2.45, 2.75) is 18.2 Å². The molecule has 0 spiro atoms. The number of hydrogen-bond acceptors (Lipinski definition) is 1. The van der Waals surface area contributed by atoms with Crippen LogP contribution in [0.2, 0.25) is 0 Å². The second kappa shape index (κ2) is 5.26. The zero-order chi connectivity index (χ0) is 11.4. The summed E-state index contributed by atoms with van der Waals surface area (Å²) in [7, 11) is 1.64. The van der Waals surface area contributed by atoms with E-state index < -0.39 is 0 Å². The minimum atomic E-state index is -0.338. The standard InChI is InChI=1S/C11H13BrFNO/c1-3-10(12)11(15)14(2)9-6-4-5-8(13)7-9/h4-7,10H,3H2,1-2H3. The van der Waals surface area contributed by atoms with Gasteiger partial charge in [-0.1, -0.05) is 28.9 Å². The van der Waals surface area contributed by atoms with E-state index in [0.717, 1.165) is 0 Å². The van der Waals surface area contributed by atoms with Gasteiger partial charge in [-0.3, -0.25) is 4.79 Å². The van der Waals surface area contributed by atoms with Crippen molar-refractivity contribution in [3.63, 3.8) is 0 Å². The predicted octanol–water partition coefficient (Wildman–Crippen LogP) is 2.96. The largest absolute Gasteiger partial charge is 0.314 e. The van der Waals surface area contributed by atoms with Crippen LogP contribution in [0.1, 0.15) is 13.3 Å². The number of anilines is 1. The van der Waals surface area contributed by atoms with Gasteiger partial charge in [-0.2, -0.15) is 0 Å². The molecule has 0 N–H and O–H groups in total. The molecule has 1 aromatic carbocycles. The maximum absolute atomic E-state index is 12.9. The van der Waals surface area contributed by atoms with E-state index in [1.807, 2.05) is 6.92 Å². The molecule has 0 aromatic heterocycles. The molecule has 0 heterocycles. The predicted molar refractivity (Wildman–Crippen MR) is 62.8 cm³/mol. The van der Waals surface area contributed by atoms with E-state index in [-0.39, 0.29) is 16.6 Å². The van der Waals surface area contributed by atoms with E-state index in [1.165, 1.54) is 17.0 Å². The average Bonchev–Trinajstić information content (AvgIpc) is 2.26. The third-order valence-corrected chi connectivity index (χ3v) is 3.19. The SMILES string of the molecule is CCC(Br)C(=O)N(C)c1cccc(F)c1. The van der Waals surface area contributed by atoms with Gasteiger partial charge >= 0.3 is 0 Å². The van der Waals surface area contributed by atoms with E-state index >= 15 is 0 Å². The number of benzene rings is 1. The second-order valence-electron chi connectivity index (χ2n) is 3.25. The zero-order valence-electron chi connectivity index (χ0n) is 8.71. The smallest absolute Gasteiger partial charge is 0.240 e. The molecule has 1 aromatic rings. The lowest BCUT2D eigenvalue weighted by atomic mass is 10.2. The molecule has 15 heavy (non-hydrogen) atoms. The molecule has 1 unspecified atom stereocenters. The first kappa shape index (κ1) is 12.2. The van der Waals surface area contributed by atoms with Gasteiger partial charge in [0.15, 0.2) is 0 Å². The molecule has 0 saturated carbocycles. The molecule has 1 amide bonds. The van der Waals surface area contributed by atoms with Crippen molar-refractivity contribution >= 4 is 27.5 Å². The summed E-state index contributed by atoms with van der Waals surface area (Å²) >= 11 is 3.27. The third-order valence-electron chi connectivity index (χ3n) is 2.15. The number of hydrogen-bond donors (Lipinski definition) is 0. The molecule has 0 radical (unpaired) electrons. The fourth-order valence-electron chi connectivity index (χ4n) is 1.20. The van der Waals surface area contributed by atoms with Crippen LogP contribution in [0, 0.1) is 5.82 Å². The summed E-state index contributed by atoms with van der Waals surface area (Å²) in [5, 5.41) is 0. The Morgan fingerprint density at radius 3 is 2.80 bits per heavy atom. The highest BCUT2D eigenvalue weighted by atomic mass is 79.9. The van der Waals surface area contributed by atoms with Crippen molar-refractivity contribution in [3.8, 4) is 0 Å². The summed E-state index contributed by atoms with van der Waals surface area (Å²) in [4.78, 5) is 13.0. The Kier molecular flexibility index (Phi) is 4.27. The minimum absolute atomic E-state index is 0.0666. The van der Waals surface area contributed by atoms with Gasteiger partial charge in [0, 0.05) is 12.7 Å². The lowest BCUT2D eigenvalue weighted by Crippen LogP contribution is -2.32. The lowest BCUT2D eigenvalue weighted by molar-refractivity contribution is -0.117. The topological polar surface area (TPSA) is 20.3 Å². The summed E-state index contributed by atoms with van der Waals surface area (Å²) in [5.74, 6) is -0.405.